The predicted molar refractivity (Wildman–Crippen MR) is 110 cm³/mol. The van der Waals surface area contributed by atoms with Crippen molar-refractivity contribution in [1.82, 2.24) is 10.2 Å². The number of piperazine rings is 1. The zero-order valence-electron chi connectivity index (χ0n) is 15.8. The summed E-state index contributed by atoms with van der Waals surface area (Å²) in [5.41, 5.74) is 2.16. The molecule has 0 spiro atoms. The van der Waals surface area contributed by atoms with Gasteiger partial charge in [-0.15, -0.1) is 0 Å². The lowest BCUT2D eigenvalue weighted by Gasteiger charge is -2.36. The first-order valence-corrected chi connectivity index (χ1v) is 9.61. The normalized spacial score (nSPS) is 15.5. The van der Waals surface area contributed by atoms with Crippen LogP contribution in [-0.4, -0.2) is 50.6 Å². The maximum absolute atomic E-state index is 12.6. The van der Waals surface area contributed by atoms with Crippen molar-refractivity contribution in [2.45, 2.75) is 13.0 Å². The molecule has 0 saturated carbocycles. The monoisotopic (exact) mass is 387 g/mol. The molecule has 6 heteroatoms. The van der Waals surface area contributed by atoms with Gasteiger partial charge in [0, 0.05) is 48.5 Å². The van der Waals surface area contributed by atoms with Gasteiger partial charge in [0.15, 0.2) is 0 Å². The Morgan fingerprint density at radius 2 is 1.89 bits per heavy atom. The third kappa shape index (κ3) is 4.93. The van der Waals surface area contributed by atoms with Crippen LogP contribution >= 0.6 is 11.6 Å². The van der Waals surface area contributed by atoms with E-state index in [9.17, 15) is 4.79 Å². The molecule has 0 aliphatic carbocycles. The summed E-state index contributed by atoms with van der Waals surface area (Å²) in [5, 5.41) is 4.06. The lowest BCUT2D eigenvalue weighted by molar-refractivity contribution is -0.130. The number of amides is 1. The fourth-order valence-corrected chi connectivity index (χ4v) is 3.56. The number of para-hydroxylation sites is 1. The first kappa shape index (κ1) is 19.5. The van der Waals surface area contributed by atoms with Gasteiger partial charge in [-0.05, 0) is 31.2 Å². The molecule has 1 atom stereocenters. The molecule has 1 fully saturated rings. The molecule has 3 rings (SSSR count). The van der Waals surface area contributed by atoms with Crippen LogP contribution < -0.4 is 15.0 Å². The molecular weight excluding hydrogens is 362 g/mol. The molecule has 2 aromatic rings. The van der Waals surface area contributed by atoms with Crippen LogP contribution in [0, 0.1) is 0 Å². The quantitative estimate of drug-likeness (QED) is 0.825. The number of benzene rings is 2. The number of anilines is 1. The van der Waals surface area contributed by atoms with Gasteiger partial charge in [-0.3, -0.25) is 4.79 Å². The van der Waals surface area contributed by atoms with E-state index >= 15 is 0 Å². The van der Waals surface area contributed by atoms with Crippen LogP contribution in [-0.2, 0) is 4.79 Å². The highest BCUT2D eigenvalue weighted by molar-refractivity contribution is 6.30. The molecule has 2 aromatic carbocycles. The van der Waals surface area contributed by atoms with Crippen molar-refractivity contribution in [2.24, 2.45) is 0 Å². The third-order valence-corrected chi connectivity index (χ3v) is 5.21. The number of rotatable bonds is 6. The zero-order valence-corrected chi connectivity index (χ0v) is 16.6. The smallest absolute Gasteiger partial charge is 0.236 e. The van der Waals surface area contributed by atoms with Crippen molar-refractivity contribution in [3.05, 3.63) is 59.1 Å². The first-order valence-electron chi connectivity index (χ1n) is 9.23. The molecule has 5 nitrogen and oxygen atoms in total. The van der Waals surface area contributed by atoms with Crippen LogP contribution in [0.15, 0.2) is 48.5 Å². The second-order valence-corrected chi connectivity index (χ2v) is 7.13. The number of ether oxygens (including phenoxy) is 1. The summed E-state index contributed by atoms with van der Waals surface area (Å²) >= 11 is 6.08. The largest absolute Gasteiger partial charge is 0.496 e. The molecule has 1 heterocycles. The van der Waals surface area contributed by atoms with Gasteiger partial charge in [0.25, 0.3) is 0 Å². The van der Waals surface area contributed by atoms with Crippen molar-refractivity contribution in [3.8, 4) is 5.75 Å². The molecule has 1 aliphatic rings. The van der Waals surface area contributed by atoms with Crippen LogP contribution in [0.4, 0.5) is 5.69 Å². The van der Waals surface area contributed by atoms with E-state index in [1.54, 1.807) is 7.11 Å². The highest BCUT2D eigenvalue weighted by atomic mass is 35.5. The molecule has 1 aliphatic heterocycles. The summed E-state index contributed by atoms with van der Waals surface area (Å²) < 4.78 is 5.40. The Balaban J connectivity index is 1.49. The summed E-state index contributed by atoms with van der Waals surface area (Å²) in [6.45, 7) is 5.42. The lowest BCUT2D eigenvalue weighted by atomic mass is 10.1. The zero-order chi connectivity index (χ0) is 19.2. The fourth-order valence-electron chi connectivity index (χ4n) is 3.37. The van der Waals surface area contributed by atoms with Gasteiger partial charge < -0.3 is 19.9 Å². The molecular formula is C21H26ClN3O2. The van der Waals surface area contributed by atoms with Gasteiger partial charge in [-0.1, -0.05) is 35.9 Å². The van der Waals surface area contributed by atoms with E-state index in [4.69, 9.17) is 16.3 Å². The van der Waals surface area contributed by atoms with Gasteiger partial charge in [0.1, 0.15) is 5.75 Å². The van der Waals surface area contributed by atoms with Gasteiger partial charge in [-0.25, -0.2) is 0 Å². The van der Waals surface area contributed by atoms with Crippen LogP contribution in [0.1, 0.15) is 18.5 Å². The summed E-state index contributed by atoms with van der Waals surface area (Å²) in [6, 6.07) is 15.8. The van der Waals surface area contributed by atoms with Crippen LogP contribution in [0.3, 0.4) is 0 Å². The number of hydrogen-bond donors (Lipinski definition) is 1. The van der Waals surface area contributed by atoms with E-state index in [0.29, 0.717) is 6.54 Å². The Morgan fingerprint density at radius 1 is 1.15 bits per heavy atom. The minimum Gasteiger partial charge on any atom is -0.496 e. The predicted octanol–water partition coefficient (Wildman–Crippen LogP) is 3.35. The highest BCUT2D eigenvalue weighted by Gasteiger charge is 2.22. The fraction of sp³-hybridized carbons (Fsp3) is 0.381. The number of hydrogen-bond acceptors (Lipinski definition) is 4. The summed E-state index contributed by atoms with van der Waals surface area (Å²) in [6.07, 6.45) is 0. The molecule has 1 amide bonds. The van der Waals surface area contributed by atoms with Crippen molar-refractivity contribution in [2.75, 3.05) is 44.7 Å². The van der Waals surface area contributed by atoms with Crippen LogP contribution in [0.2, 0.25) is 5.02 Å². The Morgan fingerprint density at radius 3 is 2.59 bits per heavy atom. The van der Waals surface area contributed by atoms with Crippen LogP contribution in [0.25, 0.3) is 0 Å². The molecule has 0 bridgehead atoms. The number of carbonyl (C=O) groups is 1. The molecule has 1 saturated heterocycles. The summed E-state index contributed by atoms with van der Waals surface area (Å²) in [4.78, 5) is 16.8. The van der Waals surface area contributed by atoms with E-state index in [0.717, 1.165) is 48.2 Å². The Labute approximate surface area is 165 Å². The minimum absolute atomic E-state index is 0.0397. The van der Waals surface area contributed by atoms with Crippen molar-refractivity contribution < 1.29 is 9.53 Å². The maximum atomic E-state index is 12.6. The van der Waals surface area contributed by atoms with E-state index in [1.165, 1.54) is 0 Å². The molecule has 0 radical (unpaired) electrons. The Bertz CT molecular complexity index is 776. The molecule has 0 aromatic heterocycles. The van der Waals surface area contributed by atoms with E-state index in [2.05, 4.69) is 16.3 Å². The number of nitrogens with one attached hydrogen (secondary N) is 1. The SMILES string of the molecule is COc1ccccc1C(C)NCC(=O)N1CCN(c2cccc(Cl)c2)CC1. The summed E-state index contributed by atoms with van der Waals surface area (Å²) in [7, 11) is 1.66. The maximum Gasteiger partial charge on any atom is 0.236 e. The average molecular weight is 388 g/mol. The minimum atomic E-state index is 0.0397. The van der Waals surface area contributed by atoms with Gasteiger partial charge in [0.2, 0.25) is 5.91 Å². The standard InChI is InChI=1S/C21H26ClN3O2/c1-16(19-8-3-4-9-20(19)27-2)23-15-21(26)25-12-10-24(11-13-25)18-7-5-6-17(22)14-18/h3-9,14,16,23H,10-13,15H2,1-2H3. The van der Waals surface area contributed by atoms with Gasteiger partial charge >= 0.3 is 0 Å². The second-order valence-electron chi connectivity index (χ2n) is 6.69. The van der Waals surface area contributed by atoms with Crippen molar-refractivity contribution >= 4 is 23.2 Å². The first-order chi connectivity index (χ1) is 13.1. The lowest BCUT2D eigenvalue weighted by Crippen LogP contribution is -2.51. The molecule has 27 heavy (non-hydrogen) atoms. The van der Waals surface area contributed by atoms with E-state index < -0.39 is 0 Å². The molecule has 1 N–H and O–H groups in total. The number of methoxy groups -OCH3 is 1. The third-order valence-electron chi connectivity index (χ3n) is 4.97. The topological polar surface area (TPSA) is 44.8 Å². The molecule has 144 valence electrons. The van der Waals surface area contributed by atoms with E-state index in [-0.39, 0.29) is 11.9 Å². The number of nitrogens with zero attached hydrogens (tertiary/aromatic N) is 2. The van der Waals surface area contributed by atoms with Crippen LogP contribution in [0.5, 0.6) is 5.75 Å². The second kappa shape index (κ2) is 9.11. The van der Waals surface area contributed by atoms with E-state index in [1.807, 2.05) is 54.3 Å². The van der Waals surface area contributed by atoms with Crippen molar-refractivity contribution in [3.63, 3.8) is 0 Å². The Kier molecular flexibility index (Phi) is 6.58. The average Bonchev–Trinajstić information content (AvgIpc) is 2.71. The Hall–Kier alpha value is -2.24. The highest BCUT2D eigenvalue weighted by Crippen LogP contribution is 2.24. The number of carbonyl (C=O) groups excluding carboxylic acids is 1. The van der Waals surface area contributed by atoms with Gasteiger partial charge in [0.05, 0.1) is 13.7 Å². The number of halogens is 1. The van der Waals surface area contributed by atoms with Gasteiger partial charge in [-0.2, -0.15) is 0 Å². The molecule has 1 unspecified atom stereocenters. The summed E-state index contributed by atoms with van der Waals surface area (Å²) in [5.74, 6) is 0.961. The van der Waals surface area contributed by atoms with Crippen molar-refractivity contribution in [1.29, 1.82) is 0 Å².